The molecule has 2 aromatic heterocycles. The van der Waals surface area contributed by atoms with Crippen LogP contribution in [0.15, 0.2) is 85.5 Å². The second kappa shape index (κ2) is 14.9. The zero-order valence-electron chi connectivity index (χ0n) is 25.9. The summed E-state index contributed by atoms with van der Waals surface area (Å²) in [5.74, 6) is -0.739. The number of amides is 2. The van der Waals surface area contributed by atoms with Gasteiger partial charge in [0.2, 0.25) is 11.8 Å². The number of halogens is 2. The molecule has 3 aromatic carbocycles. The summed E-state index contributed by atoms with van der Waals surface area (Å²) in [6, 6.07) is 17.5. The predicted molar refractivity (Wildman–Crippen MR) is 182 cm³/mol. The van der Waals surface area contributed by atoms with E-state index in [1.54, 1.807) is 69.0 Å². The van der Waals surface area contributed by atoms with Gasteiger partial charge in [0.05, 0.1) is 41.4 Å². The van der Waals surface area contributed by atoms with E-state index in [0.29, 0.717) is 38.7 Å². The fourth-order valence-electron chi connectivity index (χ4n) is 4.78. The first kappa shape index (κ1) is 33.2. The Hall–Kier alpha value is -5.19. The third-order valence-electron chi connectivity index (χ3n) is 7.23. The number of hydrogen-bond acceptors (Lipinski definition) is 7. The first-order valence-electron chi connectivity index (χ1n) is 14.6. The summed E-state index contributed by atoms with van der Waals surface area (Å²) in [7, 11) is 1.56. The number of hydrogen-bond donors (Lipinski definition) is 1. The number of rotatable bonds is 11. The molecule has 0 aliphatic carbocycles. The molecule has 240 valence electrons. The van der Waals surface area contributed by atoms with Crippen LogP contribution in [-0.4, -0.2) is 52.5 Å². The fraction of sp³-hybridized carbons (Fsp3) is 0.171. The Morgan fingerprint density at radius 1 is 1.06 bits per heavy atom. The lowest BCUT2D eigenvalue weighted by atomic mass is 10.1. The van der Waals surface area contributed by atoms with Gasteiger partial charge in [0, 0.05) is 47.2 Å². The third-order valence-corrected chi connectivity index (χ3v) is 8.00. The smallest absolute Gasteiger partial charge is 0.338 e. The molecule has 0 aliphatic rings. The summed E-state index contributed by atoms with van der Waals surface area (Å²) in [6.45, 7) is 3.68. The summed E-state index contributed by atoms with van der Waals surface area (Å²) >= 11 is 13.3. The summed E-state index contributed by atoms with van der Waals surface area (Å²) < 4.78 is 13.1. The summed E-state index contributed by atoms with van der Waals surface area (Å²) in [5.41, 5.74) is 4.41. The molecule has 2 heterocycles. The van der Waals surface area contributed by atoms with Crippen molar-refractivity contribution in [1.82, 2.24) is 19.9 Å². The van der Waals surface area contributed by atoms with E-state index in [-0.39, 0.29) is 24.8 Å². The summed E-state index contributed by atoms with van der Waals surface area (Å²) in [5, 5.41) is 4.08. The number of anilines is 1. The molecule has 0 saturated carbocycles. The molecule has 0 spiro atoms. The number of pyridine rings is 1. The van der Waals surface area contributed by atoms with Crippen molar-refractivity contribution in [2.45, 2.75) is 20.5 Å². The van der Waals surface area contributed by atoms with E-state index < -0.39 is 17.8 Å². The van der Waals surface area contributed by atoms with E-state index in [2.05, 4.69) is 10.3 Å². The van der Waals surface area contributed by atoms with Crippen LogP contribution in [0.2, 0.25) is 10.0 Å². The minimum atomic E-state index is -0.465. The number of carbonyl (C=O) groups is 3. The number of imidazole rings is 1. The number of aromatic nitrogens is 3. The Morgan fingerprint density at radius 3 is 2.57 bits per heavy atom. The van der Waals surface area contributed by atoms with Crippen LogP contribution in [-0.2, 0) is 20.9 Å². The molecule has 0 fully saturated rings. The number of carbonyl (C=O) groups excluding carboxylic acids is 3. The maximum Gasteiger partial charge on any atom is 0.338 e. The summed E-state index contributed by atoms with van der Waals surface area (Å²) in [4.78, 5) is 47.5. The zero-order valence-corrected chi connectivity index (χ0v) is 27.4. The molecule has 0 atom stereocenters. The van der Waals surface area contributed by atoms with Crippen LogP contribution in [0.1, 0.15) is 34.1 Å². The number of para-hydroxylation sites is 1. The minimum absolute atomic E-state index is 0.0188. The van der Waals surface area contributed by atoms with E-state index in [1.807, 2.05) is 42.0 Å². The molecule has 12 heteroatoms. The van der Waals surface area contributed by atoms with Crippen LogP contribution < -0.4 is 15.0 Å². The van der Waals surface area contributed by atoms with Gasteiger partial charge in [-0.25, -0.2) is 14.8 Å². The van der Waals surface area contributed by atoms with E-state index in [9.17, 15) is 14.4 Å². The quantitative estimate of drug-likeness (QED) is 0.124. The normalized spacial score (nSPS) is 11.1. The predicted octanol–water partition coefficient (Wildman–Crippen LogP) is 6.58. The van der Waals surface area contributed by atoms with Gasteiger partial charge < -0.3 is 24.3 Å². The number of nitrogens with zero attached hydrogens (tertiary/aromatic N) is 4. The molecule has 10 nitrogen and oxygen atoms in total. The van der Waals surface area contributed by atoms with Gasteiger partial charge in [-0.15, -0.1) is 0 Å². The van der Waals surface area contributed by atoms with Crippen LogP contribution >= 0.6 is 23.2 Å². The number of likely N-dealkylation sites (N-methyl/N-ethyl adjacent to an activating group) is 1. The molecule has 0 unspecified atom stereocenters. The first-order chi connectivity index (χ1) is 22.7. The van der Waals surface area contributed by atoms with E-state index in [4.69, 9.17) is 37.7 Å². The fourth-order valence-corrected chi connectivity index (χ4v) is 5.38. The Kier molecular flexibility index (Phi) is 10.5. The third kappa shape index (κ3) is 7.79. The minimum Gasteiger partial charge on any atom is -0.487 e. The van der Waals surface area contributed by atoms with Crippen LogP contribution in [0, 0.1) is 6.92 Å². The number of benzene rings is 3. The average molecular weight is 673 g/mol. The lowest BCUT2D eigenvalue weighted by Crippen LogP contribution is -2.37. The number of fused-ring (bicyclic) bond motifs is 1. The summed E-state index contributed by atoms with van der Waals surface area (Å²) in [6.07, 6.45) is 8.18. The molecule has 0 bridgehead atoms. The largest absolute Gasteiger partial charge is 0.487 e. The number of aryl methyl sites for hydroxylation is 1. The van der Waals surface area contributed by atoms with Crippen molar-refractivity contribution < 1.29 is 23.9 Å². The second-order valence-electron chi connectivity index (χ2n) is 10.4. The maximum absolute atomic E-state index is 13.0. The molecule has 0 saturated heterocycles. The Morgan fingerprint density at radius 2 is 1.85 bits per heavy atom. The van der Waals surface area contributed by atoms with Gasteiger partial charge in [-0.05, 0) is 61.9 Å². The SMILES string of the molecule is CCOC(=O)c1ccc(/C=C/C(=O)NCC(=O)N(C)c2ccc(Cl)c(COc3cccc4c(-n5ccnc5)cc(C)nc34)c2Cl)cc1. The van der Waals surface area contributed by atoms with Gasteiger partial charge in [0.15, 0.2) is 0 Å². The highest BCUT2D eigenvalue weighted by atomic mass is 35.5. The second-order valence-corrected chi connectivity index (χ2v) is 11.2. The van der Waals surface area contributed by atoms with Crippen LogP contribution in [0.25, 0.3) is 22.7 Å². The monoisotopic (exact) mass is 671 g/mol. The van der Waals surface area contributed by atoms with Gasteiger partial charge >= 0.3 is 5.97 Å². The van der Waals surface area contributed by atoms with Crippen molar-refractivity contribution in [3.05, 3.63) is 118 Å². The highest BCUT2D eigenvalue weighted by Crippen LogP contribution is 2.36. The van der Waals surface area contributed by atoms with Gasteiger partial charge in [0.1, 0.15) is 17.9 Å². The van der Waals surface area contributed by atoms with Crippen molar-refractivity contribution in [3.8, 4) is 11.4 Å². The molecular weight excluding hydrogens is 641 g/mol. The van der Waals surface area contributed by atoms with Gasteiger partial charge in [-0.1, -0.05) is 47.5 Å². The van der Waals surface area contributed by atoms with E-state index in [0.717, 1.165) is 16.8 Å². The van der Waals surface area contributed by atoms with Crippen molar-refractivity contribution in [3.63, 3.8) is 0 Å². The topological polar surface area (TPSA) is 116 Å². The molecule has 47 heavy (non-hydrogen) atoms. The molecule has 0 aliphatic heterocycles. The van der Waals surface area contributed by atoms with Crippen molar-refractivity contribution in [2.24, 2.45) is 0 Å². The first-order valence-corrected chi connectivity index (χ1v) is 15.4. The average Bonchev–Trinajstić information content (AvgIpc) is 3.61. The van der Waals surface area contributed by atoms with Crippen molar-refractivity contribution >= 4 is 63.7 Å². The van der Waals surface area contributed by atoms with Gasteiger partial charge in [-0.3, -0.25) is 9.59 Å². The highest BCUT2D eigenvalue weighted by Gasteiger charge is 2.20. The van der Waals surface area contributed by atoms with Crippen molar-refractivity contribution in [1.29, 1.82) is 0 Å². The zero-order chi connectivity index (χ0) is 33.5. The molecular formula is C35H31Cl2N5O5. The molecule has 1 N–H and O–H groups in total. The molecule has 5 rings (SSSR count). The molecule has 5 aromatic rings. The Labute approximate surface area is 281 Å². The Bertz CT molecular complexity index is 1960. The van der Waals surface area contributed by atoms with E-state index in [1.165, 1.54) is 11.0 Å². The number of esters is 1. The Balaban J connectivity index is 1.24. The molecule has 0 radical (unpaired) electrons. The van der Waals surface area contributed by atoms with E-state index >= 15 is 0 Å². The highest BCUT2D eigenvalue weighted by molar-refractivity contribution is 6.38. The van der Waals surface area contributed by atoms with Gasteiger partial charge in [0.25, 0.3) is 0 Å². The van der Waals surface area contributed by atoms with Gasteiger partial charge in [-0.2, -0.15) is 0 Å². The number of ether oxygens (including phenoxy) is 2. The lowest BCUT2D eigenvalue weighted by molar-refractivity contribution is -0.122. The van der Waals surface area contributed by atoms with Crippen LogP contribution in [0.3, 0.4) is 0 Å². The number of nitrogens with one attached hydrogen (secondary N) is 1. The van der Waals surface area contributed by atoms with Crippen LogP contribution in [0.4, 0.5) is 5.69 Å². The molecule has 2 amide bonds. The lowest BCUT2D eigenvalue weighted by Gasteiger charge is -2.21. The standard InChI is InChI=1S/C35H31Cl2N5O5/c1-4-46-35(45)24-11-8-23(9-12-24)10-15-31(43)39-19-32(44)41(3)28-14-13-27(36)26(33(28)37)20-47-30-7-5-6-25-29(42-17-16-38-21-42)18-22(2)40-34(25)30/h5-18,21H,4,19-20H2,1-3H3,(H,39,43)/b15-10+. The van der Waals surface area contributed by atoms with Crippen LogP contribution in [0.5, 0.6) is 5.75 Å². The van der Waals surface area contributed by atoms with Crippen molar-refractivity contribution in [2.75, 3.05) is 25.1 Å². The maximum atomic E-state index is 13.0.